The second-order valence-corrected chi connectivity index (χ2v) is 5.22. The number of nitrogens with two attached hydrogens (primary N) is 1. The van der Waals surface area contributed by atoms with Crippen molar-refractivity contribution >= 4 is 50.2 Å². The molecule has 4 nitrogen and oxygen atoms in total. The van der Waals surface area contributed by atoms with Crippen LogP contribution in [-0.4, -0.2) is 23.9 Å². The van der Waals surface area contributed by atoms with Crippen LogP contribution in [0, 0.1) is 0 Å². The molecule has 1 aromatic rings. The summed E-state index contributed by atoms with van der Waals surface area (Å²) in [5.41, 5.74) is 6.03. The Morgan fingerprint density at radius 1 is 1.47 bits per heavy atom. The first kappa shape index (κ1) is 18.6. The van der Waals surface area contributed by atoms with E-state index in [-0.39, 0.29) is 24.8 Å². The zero-order valence-electron chi connectivity index (χ0n) is 9.90. The lowest BCUT2D eigenvalue weighted by molar-refractivity contribution is -0.149. The third-order valence-electron chi connectivity index (χ3n) is 2.25. The van der Waals surface area contributed by atoms with Gasteiger partial charge in [0.05, 0.1) is 21.6 Å². The predicted molar refractivity (Wildman–Crippen MR) is 79.2 cm³/mol. The van der Waals surface area contributed by atoms with Crippen molar-refractivity contribution in [2.24, 2.45) is 5.73 Å². The van der Waals surface area contributed by atoms with Crippen LogP contribution in [0.4, 0.5) is 4.39 Å². The molecule has 0 saturated carbocycles. The highest BCUT2D eigenvalue weighted by Gasteiger charge is 2.28. The van der Waals surface area contributed by atoms with Crippen LogP contribution >= 0.6 is 44.3 Å². The molecule has 19 heavy (non-hydrogen) atoms. The van der Waals surface area contributed by atoms with Crippen molar-refractivity contribution in [1.29, 1.82) is 0 Å². The number of phenolic OH excluding ortho intramolecular Hbond substituents is 1. The highest BCUT2D eigenvalue weighted by atomic mass is 79.9. The van der Waals surface area contributed by atoms with E-state index in [9.17, 15) is 14.3 Å². The molecule has 0 spiro atoms. The van der Waals surface area contributed by atoms with Gasteiger partial charge in [-0.05, 0) is 56.5 Å². The van der Waals surface area contributed by atoms with Gasteiger partial charge in [0.25, 0.3) is 0 Å². The number of ether oxygens (including phenoxy) is 1. The van der Waals surface area contributed by atoms with Gasteiger partial charge in [-0.2, -0.15) is 0 Å². The average molecular weight is 421 g/mol. The van der Waals surface area contributed by atoms with Crippen molar-refractivity contribution in [1.82, 2.24) is 0 Å². The first-order chi connectivity index (χ1) is 8.38. The lowest BCUT2D eigenvalue weighted by atomic mass is 10.0. The molecule has 0 aliphatic heterocycles. The summed E-state index contributed by atoms with van der Waals surface area (Å²) in [4.78, 5) is 11.2. The van der Waals surface area contributed by atoms with Gasteiger partial charge in [-0.3, -0.25) is 0 Å². The highest BCUT2D eigenvalue weighted by Crippen LogP contribution is 2.35. The standard InChI is InChI=1S/C11H12Br2FNO3.ClH/c1-2-18-11(17)8(14)9(15)5-3-6(12)10(16)7(13)4-5;/h3-4,8-9,16H,2,15H2,1H3;1H/t8?,9-;/m1./s1. The zero-order valence-corrected chi connectivity index (χ0v) is 13.9. The van der Waals surface area contributed by atoms with E-state index in [0.29, 0.717) is 14.5 Å². The number of hydrogen-bond acceptors (Lipinski definition) is 4. The molecule has 0 fully saturated rings. The Bertz CT molecular complexity index is 439. The Kier molecular flexibility index (Phi) is 7.88. The molecule has 0 saturated heterocycles. The summed E-state index contributed by atoms with van der Waals surface area (Å²) in [6.07, 6.45) is -1.95. The smallest absolute Gasteiger partial charge is 0.342 e. The summed E-state index contributed by atoms with van der Waals surface area (Å²) < 4.78 is 19.0. The Morgan fingerprint density at radius 3 is 2.37 bits per heavy atom. The number of phenols is 1. The van der Waals surface area contributed by atoms with Gasteiger partial charge in [-0.25, -0.2) is 9.18 Å². The van der Waals surface area contributed by atoms with E-state index < -0.39 is 18.2 Å². The molecule has 1 unspecified atom stereocenters. The van der Waals surface area contributed by atoms with Gasteiger partial charge in [0, 0.05) is 0 Å². The van der Waals surface area contributed by atoms with Crippen LogP contribution in [0.5, 0.6) is 5.75 Å². The van der Waals surface area contributed by atoms with Gasteiger partial charge >= 0.3 is 5.97 Å². The van der Waals surface area contributed by atoms with Gasteiger partial charge in [0.1, 0.15) is 5.75 Å². The van der Waals surface area contributed by atoms with Gasteiger partial charge in [-0.15, -0.1) is 12.4 Å². The third-order valence-corrected chi connectivity index (χ3v) is 3.46. The molecule has 0 amide bonds. The third kappa shape index (κ3) is 4.59. The molecule has 108 valence electrons. The second-order valence-electron chi connectivity index (χ2n) is 3.51. The normalized spacial score (nSPS) is 13.3. The number of aromatic hydroxyl groups is 1. The molecular weight excluding hydrogens is 408 g/mol. The second kappa shape index (κ2) is 8.04. The van der Waals surface area contributed by atoms with Crippen LogP contribution in [0.2, 0.25) is 0 Å². The van der Waals surface area contributed by atoms with Gasteiger partial charge in [-0.1, -0.05) is 0 Å². The van der Waals surface area contributed by atoms with Crippen LogP contribution in [-0.2, 0) is 9.53 Å². The van der Waals surface area contributed by atoms with Crippen molar-refractivity contribution in [3.8, 4) is 5.75 Å². The maximum absolute atomic E-state index is 13.7. The van der Waals surface area contributed by atoms with Crippen molar-refractivity contribution in [3.05, 3.63) is 26.6 Å². The number of hydrogen-bond donors (Lipinski definition) is 2. The fraction of sp³-hybridized carbons (Fsp3) is 0.364. The van der Waals surface area contributed by atoms with E-state index >= 15 is 0 Å². The molecule has 0 aromatic heterocycles. The molecule has 0 aliphatic carbocycles. The van der Waals surface area contributed by atoms with Crippen LogP contribution in [0.3, 0.4) is 0 Å². The Hall–Kier alpha value is -0.370. The molecule has 3 N–H and O–H groups in total. The number of esters is 1. The molecule has 8 heteroatoms. The first-order valence-electron chi connectivity index (χ1n) is 5.12. The van der Waals surface area contributed by atoms with Gasteiger partial charge in [0.2, 0.25) is 6.17 Å². The predicted octanol–water partition coefficient (Wildman–Crippen LogP) is 3.24. The van der Waals surface area contributed by atoms with Crippen molar-refractivity contribution in [3.63, 3.8) is 0 Å². The van der Waals surface area contributed by atoms with E-state index in [1.807, 2.05) is 0 Å². The maximum Gasteiger partial charge on any atom is 0.342 e. The van der Waals surface area contributed by atoms with Crippen LogP contribution in [0.1, 0.15) is 18.5 Å². The Balaban J connectivity index is 0.00000324. The summed E-state index contributed by atoms with van der Waals surface area (Å²) in [5, 5.41) is 9.52. The minimum absolute atomic E-state index is 0. The molecule has 0 heterocycles. The fourth-order valence-electron chi connectivity index (χ4n) is 1.32. The summed E-state index contributed by atoms with van der Waals surface area (Å²) in [5.74, 6) is -1.01. The van der Waals surface area contributed by atoms with E-state index in [1.165, 1.54) is 12.1 Å². The minimum Gasteiger partial charge on any atom is -0.506 e. The number of rotatable bonds is 4. The topological polar surface area (TPSA) is 72.5 Å². The van der Waals surface area contributed by atoms with E-state index in [2.05, 4.69) is 36.6 Å². The lowest BCUT2D eigenvalue weighted by Crippen LogP contribution is -2.31. The fourth-order valence-corrected chi connectivity index (χ4v) is 2.54. The quantitative estimate of drug-likeness (QED) is 0.733. The molecule has 2 atom stereocenters. The van der Waals surface area contributed by atoms with Crippen LogP contribution < -0.4 is 5.73 Å². The molecule has 0 bridgehead atoms. The van der Waals surface area contributed by atoms with Gasteiger partial charge in [0.15, 0.2) is 0 Å². The summed E-state index contributed by atoms with van der Waals surface area (Å²) >= 11 is 6.22. The number of carbonyl (C=O) groups is 1. The molecule has 1 aromatic carbocycles. The summed E-state index contributed by atoms with van der Waals surface area (Å²) in [7, 11) is 0. The number of halogens is 4. The van der Waals surface area contributed by atoms with Crippen molar-refractivity contribution in [2.75, 3.05) is 6.61 Å². The van der Waals surface area contributed by atoms with Crippen LogP contribution in [0.25, 0.3) is 0 Å². The van der Waals surface area contributed by atoms with E-state index in [4.69, 9.17) is 5.73 Å². The Labute approximate surface area is 133 Å². The zero-order chi connectivity index (χ0) is 13.9. The number of alkyl halides is 1. The maximum atomic E-state index is 13.7. The minimum atomic E-state index is -1.95. The molecule has 0 radical (unpaired) electrons. The molecule has 1 rings (SSSR count). The highest BCUT2D eigenvalue weighted by molar-refractivity contribution is 9.11. The first-order valence-corrected chi connectivity index (χ1v) is 6.71. The van der Waals surface area contributed by atoms with E-state index in [0.717, 1.165) is 0 Å². The van der Waals surface area contributed by atoms with Crippen LogP contribution in [0.15, 0.2) is 21.1 Å². The molecule has 0 aliphatic rings. The summed E-state index contributed by atoms with van der Waals surface area (Å²) in [6, 6.07) is 1.75. The largest absolute Gasteiger partial charge is 0.506 e. The summed E-state index contributed by atoms with van der Waals surface area (Å²) in [6.45, 7) is 1.68. The monoisotopic (exact) mass is 419 g/mol. The van der Waals surface area contributed by atoms with Crippen molar-refractivity contribution < 1.29 is 19.0 Å². The van der Waals surface area contributed by atoms with Gasteiger partial charge < -0.3 is 15.6 Å². The SMILES string of the molecule is CCOC(=O)C(F)[C@H](N)c1cc(Br)c(O)c(Br)c1.Cl. The molecular formula is C11H13Br2ClFNO3. The number of benzene rings is 1. The average Bonchev–Trinajstić information content (AvgIpc) is 2.33. The Morgan fingerprint density at radius 2 is 1.95 bits per heavy atom. The van der Waals surface area contributed by atoms with Crippen molar-refractivity contribution in [2.45, 2.75) is 19.1 Å². The number of carbonyl (C=O) groups excluding carboxylic acids is 1. The lowest BCUT2D eigenvalue weighted by Gasteiger charge is -2.17. The van der Waals surface area contributed by atoms with E-state index in [1.54, 1.807) is 6.92 Å².